The standard InChI is InChI=1S/C30H27ClN4O3/c1-2-15-35-25-18-34(29(37)27(25)28(33-30(35)38)22-12-8-13-23(31)17-22)19-26(36)32-24-14-7-6-11-21(24)16-20-9-4-3-5-10-20/h2-14,17,28H,1,15-16,18-19H2,(H,32,36)(H,33,38)/t28-/m0/s1. The van der Waals surface area contributed by atoms with E-state index in [9.17, 15) is 14.4 Å². The topological polar surface area (TPSA) is 81.8 Å². The number of urea groups is 1. The quantitative estimate of drug-likeness (QED) is 0.409. The molecule has 3 aromatic rings. The lowest BCUT2D eigenvalue weighted by Gasteiger charge is -2.33. The Morgan fingerprint density at radius 1 is 1.05 bits per heavy atom. The third kappa shape index (κ3) is 5.19. The zero-order chi connectivity index (χ0) is 26.6. The molecule has 192 valence electrons. The van der Waals surface area contributed by atoms with Crippen LogP contribution in [0.1, 0.15) is 22.7 Å². The van der Waals surface area contributed by atoms with E-state index in [0.717, 1.165) is 11.1 Å². The fourth-order valence-corrected chi connectivity index (χ4v) is 5.11. The molecule has 0 bridgehead atoms. The van der Waals surface area contributed by atoms with Crippen LogP contribution in [0.5, 0.6) is 0 Å². The lowest BCUT2D eigenvalue weighted by molar-refractivity contribution is -0.130. The Morgan fingerprint density at radius 3 is 2.58 bits per heavy atom. The highest BCUT2D eigenvalue weighted by molar-refractivity contribution is 6.30. The number of nitrogens with one attached hydrogen (secondary N) is 2. The molecular weight excluding hydrogens is 500 g/mol. The van der Waals surface area contributed by atoms with Gasteiger partial charge in [0.25, 0.3) is 5.91 Å². The van der Waals surface area contributed by atoms with Crippen molar-refractivity contribution in [1.82, 2.24) is 15.1 Å². The average Bonchev–Trinajstić information content (AvgIpc) is 3.22. The summed E-state index contributed by atoms with van der Waals surface area (Å²) >= 11 is 6.20. The fourth-order valence-electron chi connectivity index (χ4n) is 4.91. The van der Waals surface area contributed by atoms with E-state index in [4.69, 9.17) is 11.6 Å². The molecule has 0 aromatic heterocycles. The number of halogens is 1. The van der Waals surface area contributed by atoms with Gasteiger partial charge in [-0.1, -0.05) is 78.3 Å². The van der Waals surface area contributed by atoms with Crippen LogP contribution in [-0.4, -0.2) is 47.3 Å². The van der Waals surface area contributed by atoms with E-state index in [-0.39, 0.29) is 37.5 Å². The van der Waals surface area contributed by atoms with Crippen LogP contribution < -0.4 is 10.6 Å². The van der Waals surface area contributed by atoms with Crippen molar-refractivity contribution in [3.63, 3.8) is 0 Å². The molecule has 0 saturated carbocycles. The first kappa shape index (κ1) is 25.3. The second kappa shape index (κ2) is 10.9. The molecule has 1 atom stereocenters. The minimum absolute atomic E-state index is 0.144. The van der Waals surface area contributed by atoms with Crippen molar-refractivity contribution in [1.29, 1.82) is 0 Å². The van der Waals surface area contributed by atoms with E-state index < -0.39 is 6.04 Å². The Bertz CT molecular complexity index is 1440. The van der Waals surface area contributed by atoms with Crippen molar-refractivity contribution in [3.8, 4) is 0 Å². The molecular formula is C30H27ClN4O3. The number of amides is 4. The Morgan fingerprint density at radius 2 is 1.82 bits per heavy atom. The van der Waals surface area contributed by atoms with Gasteiger partial charge in [0.05, 0.1) is 23.9 Å². The van der Waals surface area contributed by atoms with Gasteiger partial charge in [-0.2, -0.15) is 0 Å². The number of anilines is 1. The van der Waals surface area contributed by atoms with Gasteiger partial charge in [-0.3, -0.25) is 14.5 Å². The second-order valence-electron chi connectivity index (χ2n) is 9.23. The molecule has 0 saturated heterocycles. The van der Waals surface area contributed by atoms with Crippen LogP contribution in [0.2, 0.25) is 5.02 Å². The summed E-state index contributed by atoms with van der Waals surface area (Å²) < 4.78 is 0. The third-order valence-corrected chi connectivity index (χ3v) is 6.89. The van der Waals surface area contributed by atoms with E-state index in [1.807, 2.05) is 60.7 Å². The minimum atomic E-state index is -0.663. The molecule has 0 unspecified atom stereocenters. The monoisotopic (exact) mass is 526 g/mol. The van der Waals surface area contributed by atoms with E-state index in [0.29, 0.717) is 34.0 Å². The van der Waals surface area contributed by atoms with Crippen molar-refractivity contribution < 1.29 is 14.4 Å². The molecule has 7 nitrogen and oxygen atoms in total. The number of carbonyl (C=O) groups excluding carboxylic acids is 3. The molecule has 2 aliphatic rings. The number of rotatable bonds is 8. The highest BCUT2D eigenvalue weighted by Gasteiger charge is 2.44. The van der Waals surface area contributed by atoms with Gasteiger partial charge in [0, 0.05) is 17.3 Å². The van der Waals surface area contributed by atoms with E-state index in [1.165, 1.54) is 9.80 Å². The molecule has 2 heterocycles. The summed E-state index contributed by atoms with van der Waals surface area (Å²) in [6.45, 7) is 3.98. The molecule has 5 rings (SSSR count). The Balaban J connectivity index is 1.35. The van der Waals surface area contributed by atoms with Gasteiger partial charge in [-0.05, 0) is 41.3 Å². The molecule has 8 heteroatoms. The summed E-state index contributed by atoms with van der Waals surface area (Å²) in [7, 11) is 0. The number of hydrogen-bond acceptors (Lipinski definition) is 3. The van der Waals surface area contributed by atoms with Gasteiger partial charge in [0.15, 0.2) is 0 Å². The maximum absolute atomic E-state index is 13.6. The summed E-state index contributed by atoms with van der Waals surface area (Å²) in [6.07, 6.45) is 2.27. The van der Waals surface area contributed by atoms with Gasteiger partial charge in [-0.15, -0.1) is 6.58 Å². The maximum Gasteiger partial charge on any atom is 0.322 e. The molecule has 38 heavy (non-hydrogen) atoms. The van der Waals surface area contributed by atoms with Crippen LogP contribution in [0.4, 0.5) is 10.5 Å². The van der Waals surface area contributed by atoms with E-state index >= 15 is 0 Å². The van der Waals surface area contributed by atoms with Gasteiger partial charge in [-0.25, -0.2) is 4.79 Å². The summed E-state index contributed by atoms with van der Waals surface area (Å²) in [5.41, 5.74) is 4.52. The molecule has 3 aromatic carbocycles. The first-order valence-corrected chi connectivity index (χ1v) is 12.7. The predicted molar refractivity (Wildman–Crippen MR) is 148 cm³/mol. The zero-order valence-corrected chi connectivity index (χ0v) is 21.4. The first-order chi connectivity index (χ1) is 18.4. The number of hydrogen-bond donors (Lipinski definition) is 2. The van der Waals surface area contributed by atoms with Gasteiger partial charge in [0.1, 0.15) is 6.54 Å². The van der Waals surface area contributed by atoms with Gasteiger partial charge >= 0.3 is 6.03 Å². The lowest BCUT2D eigenvalue weighted by Crippen LogP contribution is -2.47. The van der Waals surface area contributed by atoms with E-state index in [1.54, 1.807) is 24.3 Å². The Labute approximate surface area is 226 Å². The van der Waals surface area contributed by atoms with E-state index in [2.05, 4.69) is 17.2 Å². The summed E-state index contributed by atoms with van der Waals surface area (Å²) in [6, 6.07) is 23.7. The molecule has 2 aliphatic heterocycles. The van der Waals surface area contributed by atoms with Crippen LogP contribution in [0.25, 0.3) is 0 Å². The molecule has 0 aliphatic carbocycles. The van der Waals surface area contributed by atoms with Crippen molar-refractivity contribution >= 4 is 35.1 Å². The number of para-hydroxylation sites is 1. The lowest BCUT2D eigenvalue weighted by atomic mass is 9.95. The van der Waals surface area contributed by atoms with Crippen molar-refractivity contribution in [2.24, 2.45) is 0 Å². The van der Waals surface area contributed by atoms with Gasteiger partial charge < -0.3 is 15.5 Å². The van der Waals surface area contributed by atoms with Crippen molar-refractivity contribution in [2.45, 2.75) is 12.5 Å². The molecule has 2 N–H and O–H groups in total. The largest absolute Gasteiger partial charge is 0.326 e. The molecule has 0 spiro atoms. The predicted octanol–water partition coefficient (Wildman–Crippen LogP) is 4.92. The molecule has 0 fully saturated rings. The summed E-state index contributed by atoms with van der Waals surface area (Å²) in [4.78, 5) is 42.7. The molecule has 0 radical (unpaired) electrons. The smallest absolute Gasteiger partial charge is 0.322 e. The summed E-state index contributed by atoms with van der Waals surface area (Å²) in [5, 5.41) is 6.39. The van der Waals surface area contributed by atoms with Crippen molar-refractivity contribution in [3.05, 3.63) is 125 Å². The SMILES string of the molecule is C=CCN1C(=O)N[C@@H](c2cccc(Cl)c2)C2=C1CN(CC(=O)Nc1ccccc1Cc1ccccc1)C2=O. The maximum atomic E-state index is 13.6. The van der Waals surface area contributed by atoms with Crippen molar-refractivity contribution in [2.75, 3.05) is 25.0 Å². The van der Waals surface area contributed by atoms with Crippen LogP contribution in [0.15, 0.2) is 103 Å². The fraction of sp³-hybridized carbons (Fsp3) is 0.167. The van der Waals surface area contributed by atoms with Gasteiger partial charge in [0.2, 0.25) is 5.91 Å². The highest BCUT2D eigenvalue weighted by Crippen LogP contribution is 2.36. The third-order valence-electron chi connectivity index (χ3n) is 6.65. The summed E-state index contributed by atoms with van der Waals surface area (Å²) in [5.74, 6) is -0.612. The number of carbonyl (C=O) groups is 3. The zero-order valence-electron chi connectivity index (χ0n) is 20.7. The number of nitrogens with zero attached hydrogens (tertiary/aromatic N) is 2. The van der Waals surface area contributed by atoms with Crippen LogP contribution >= 0.6 is 11.6 Å². The average molecular weight is 527 g/mol. The van der Waals surface area contributed by atoms with Crippen LogP contribution in [0, 0.1) is 0 Å². The second-order valence-corrected chi connectivity index (χ2v) is 9.66. The van der Waals surface area contributed by atoms with Crippen LogP contribution in [0.3, 0.4) is 0 Å². The number of benzene rings is 3. The normalized spacial score (nSPS) is 16.8. The minimum Gasteiger partial charge on any atom is -0.326 e. The van der Waals surface area contributed by atoms with Crippen LogP contribution in [-0.2, 0) is 16.0 Å². The highest BCUT2D eigenvalue weighted by atomic mass is 35.5. The Kier molecular flexibility index (Phi) is 7.29. The Hall–Kier alpha value is -4.36. The first-order valence-electron chi connectivity index (χ1n) is 12.3. The molecule has 4 amide bonds.